The average molecular weight is 281 g/mol. The van der Waals surface area contributed by atoms with Crippen LogP contribution < -0.4 is 5.48 Å². The summed E-state index contributed by atoms with van der Waals surface area (Å²) >= 11 is 0. The first-order chi connectivity index (χ1) is 10.2. The van der Waals surface area contributed by atoms with E-state index in [1.54, 1.807) is 23.7 Å². The van der Waals surface area contributed by atoms with Gasteiger partial charge in [-0.1, -0.05) is 24.3 Å². The number of aromatic nitrogens is 2. The van der Waals surface area contributed by atoms with Crippen molar-refractivity contribution in [1.29, 1.82) is 0 Å². The molecule has 0 aliphatic rings. The Labute approximate surface area is 121 Å². The van der Waals surface area contributed by atoms with Crippen molar-refractivity contribution in [3.63, 3.8) is 0 Å². The highest BCUT2D eigenvalue weighted by Gasteiger charge is 2.13. The quantitative estimate of drug-likeness (QED) is 0.573. The summed E-state index contributed by atoms with van der Waals surface area (Å²) in [6, 6.07) is 15.0. The zero-order valence-electron chi connectivity index (χ0n) is 11.6. The maximum Gasteiger partial charge on any atom is 0.274 e. The second-order valence-electron chi connectivity index (χ2n) is 4.69. The number of hydroxylamine groups is 1. The van der Waals surface area contributed by atoms with Crippen LogP contribution in [0, 0.1) is 0 Å². The molecule has 0 atom stereocenters. The molecule has 1 aromatic heterocycles. The van der Waals surface area contributed by atoms with Crippen LogP contribution in [0.4, 0.5) is 0 Å². The summed E-state index contributed by atoms with van der Waals surface area (Å²) in [5.41, 5.74) is 4.87. The number of hydrogen-bond donors (Lipinski definition) is 2. The Balaban J connectivity index is 2.18. The number of nitrogens with zero attached hydrogens (tertiary/aromatic N) is 2. The van der Waals surface area contributed by atoms with Crippen molar-refractivity contribution in [3.8, 4) is 11.4 Å². The van der Waals surface area contributed by atoms with Gasteiger partial charge in [0.05, 0.1) is 11.0 Å². The summed E-state index contributed by atoms with van der Waals surface area (Å²) in [7, 11) is 0. The van der Waals surface area contributed by atoms with Crippen LogP contribution >= 0.6 is 0 Å². The van der Waals surface area contributed by atoms with E-state index in [4.69, 9.17) is 5.21 Å². The Hall–Kier alpha value is -2.66. The molecule has 0 aliphatic heterocycles. The van der Waals surface area contributed by atoms with Crippen molar-refractivity contribution in [1.82, 2.24) is 15.0 Å². The van der Waals surface area contributed by atoms with Crippen molar-refractivity contribution < 1.29 is 10.0 Å². The lowest BCUT2D eigenvalue weighted by molar-refractivity contribution is 0.0706. The third-order valence-electron chi connectivity index (χ3n) is 3.46. The molecule has 0 fully saturated rings. The van der Waals surface area contributed by atoms with E-state index in [0.29, 0.717) is 5.56 Å². The molecule has 0 unspecified atom stereocenters. The Morgan fingerprint density at radius 3 is 2.81 bits per heavy atom. The molecule has 0 saturated heterocycles. The van der Waals surface area contributed by atoms with Crippen LogP contribution in [0.1, 0.15) is 17.3 Å². The number of fused-ring (bicyclic) bond motifs is 1. The molecule has 2 aromatic carbocycles. The average Bonchev–Trinajstić information content (AvgIpc) is 2.92. The van der Waals surface area contributed by atoms with Gasteiger partial charge in [-0.15, -0.1) is 0 Å². The van der Waals surface area contributed by atoms with Gasteiger partial charge in [0.1, 0.15) is 5.82 Å². The van der Waals surface area contributed by atoms with Crippen molar-refractivity contribution in [2.45, 2.75) is 13.5 Å². The zero-order chi connectivity index (χ0) is 14.8. The number of imidazole rings is 1. The van der Waals surface area contributed by atoms with Gasteiger partial charge in [0, 0.05) is 17.7 Å². The largest absolute Gasteiger partial charge is 0.324 e. The van der Waals surface area contributed by atoms with Crippen molar-refractivity contribution >= 4 is 16.9 Å². The van der Waals surface area contributed by atoms with Crippen LogP contribution in [0.15, 0.2) is 48.5 Å². The molecule has 3 rings (SSSR count). The first-order valence-corrected chi connectivity index (χ1v) is 6.74. The van der Waals surface area contributed by atoms with E-state index >= 15 is 0 Å². The maximum absolute atomic E-state index is 11.5. The van der Waals surface area contributed by atoms with Gasteiger partial charge in [-0.25, -0.2) is 10.5 Å². The third kappa shape index (κ3) is 2.28. The predicted molar refractivity (Wildman–Crippen MR) is 80.1 cm³/mol. The molecule has 1 amide bonds. The molecule has 2 N–H and O–H groups in total. The number of carbonyl (C=O) groups excluding carboxylic acids is 1. The van der Waals surface area contributed by atoms with Crippen LogP contribution in [0.25, 0.3) is 22.4 Å². The van der Waals surface area contributed by atoms with Gasteiger partial charge in [0.25, 0.3) is 5.91 Å². The molecule has 0 saturated carbocycles. The number of aryl methyl sites for hydroxylation is 1. The lowest BCUT2D eigenvalue weighted by Gasteiger charge is -2.07. The van der Waals surface area contributed by atoms with Crippen molar-refractivity contribution in [2.75, 3.05) is 0 Å². The molecule has 1 heterocycles. The minimum absolute atomic E-state index is 0.393. The molecule has 5 heteroatoms. The van der Waals surface area contributed by atoms with Crippen LogP contribution in [-0.4, -0.2) is 20.7 Å². The predicted octanol–water partition coefficient (Wildman–Crippen LogP) is 2.84. The molecular weight excluding hydrogens is 266 g/mol. The monoisotopic (exact) mass is 281 g/mol. The number of hydrogen-bond acceptors (Lipinski definition) is 3. The van der Waals surface area contributed by atoms with Gasteiger partial charge in [0.2, 0.25) is 0 Å². The number of amides is 1. The van der Waals surface area contributed by atoms with Crippen LogP contribution in [0.3, 0.4) is 0 Å². The summed E-state index contributed by atoms with van der Waals surface area (Å²) in [6.07, 6.45) is 0. The standard InChI is InChI=1S/C16H15N3O2/c1-2-19-14-9-4-3-8-13(14)17-15(19)11-6-5-7-12(10-11)16(20)18-21/h3-10,21H,2H2,1H3,(H,18,20). The van der Waals surface area contributed by atoms with Crippen LogP contribution in [0.2, 0.25) is 0 Å². The smallest absolute Gasteiger partial charge is 0.274 e. The molecule has 21 heavy (non-hydrogen) atoms. The maximum atomic E-state index is 11.5. The third-order valence-corrected chi connectivity index (χ3v) is 3.46. The SMILES string of the molecule is CCn1c(-c2cccc(C(=O)NO)c2)nc2ccccc21. The second kappa shape index (κ2) is 5.38. The van der Waals surface area contributed by atoms with E-state index in [0.717, 1.165) is 29.0 Å². The Bertz CT molecular complexity index is 808. The molecule has 0 spiro atoms. The molecule has 0 aliphatic carbocycles. The highest BCUT2D eigenvalue weighted by atomic mass is 16.5. The zero-order valence-corrected chi connectivity index (χ0v) is 11.6. The molecule has 0 bridgehead atoms. The summed E-state index contributed by atoms with van der Waals surface area (Å²) in [5.74, 6) is 0.280. The van der Waals surface area contributed by atoms with Gasteiger partial charge in [-0.05, 0) is 31.2 Å². The van der Waals surface area contributed by atoms with Gasteiger partial charge >= 0.3 is 0 Å². The summed E-state index contributed by atoms with van der Waals surface area (Å²) in [4.78, 5) is 16.2. The Morgan fingerprint density at radius 1 is 1.24 bits per heavy atom. The topological polar surface area (TPSA) is 67.2 Å². The Kier molecular flexibility index (Phi) is 3.41. The fourth-order valence-electron chi connectivity index (χ4n) is 2.48. The highest BCUT2D eigenvalue weighted by molar-refractivity contribution is 5.94. The first-order valence-electron chi connectivity index (χ1n) is 6.74. The van der Waals surface area contributed by atoms with E-state index < -0.39 is 5.91 Å². The minimum atomic E-state index is -0.531. The Morgan fingerprint density at radius 2 is 2.05 bits per heavy atom. The summed E-state index contributed by atoms with van der Waals surface area (Å²) in [6.45, 7) is 2.84. The second-order valence-corrected chi connectivity index (χ2v) is 4.69. The number of carbonyl (C=O) groups is 1. The summed E-state index contributed by atoms with van der Waals surface area (Å²) in [5, 5.41) is 8.74. The highest BCUT2D eigenvalue weighted by Crippen LogP contribution is 2.25. The van der Waals surface area contributed by atoms with Crippen molar-refractivity contribution in [2.24, 2.45) is 0 Å². The van der Waals surface area contributed by atoms with E-state index in [9.17, 15) is 4.79 Å². The van der Waals surface area contributed by atoms with Gasteiger partial charge in [0.15, 0.2) is 0 Å². The fraction of sp³-hybridized carbons (Fsp3) is 0.125. The van der Waals surface area contributed by atoms with Crippen LogP contribution in [-0.2, 0) is 6.54 Å². The molecule has 106 valence electrons. The normalized spacial score (nSPS) is 10.8. The summed E-state index contributed by atoms with van der Waals surface area (Å²) < 4.78 is 2.10. The lowest BCUT2D eigenvalue weighted by Crippen LogP contribution is -2.18. The minimum Gasteiger partial charge on any atom is -0.324 e. The molecule has 5 nitrogen and oxygen atoms in total. The van der Waals surface area contributed by atoms with Crippen LogP contribution in [0.5, 0.6) is 0 Å². The number of rotatable bonds is 3. The van der Waals surface area contributed by atoms with Gasteiger partial charge in [-0.2, -0.15) is 0 Å². The van der Waals surface area contributed by atoms with E-state index in [2.05, 4.69) is 16.5 Å². The van der Waals surface area contributed by atoms with E-state index in [1.165, 1.54) is 0 Å². The van der Waals surface area contributed by atoms with E-state index in [1.807, 2.05) is 30.3 Å². The van der Waals surface area contributed by atoms with Gasteiger partial charge in [-0.3, -0.25) is 10.0 Å². The van der Waals surface area contributed by atoms with Gasteiger partial charge < -0.3 is 4.57 Å². The van der Waals surface area contributed by atoms with Crippen molar-refractivity contribution in [3.05, 3.63) is 54.1 Å². The molecule has 3 aromatic rings. The number of nitrogens with one attached hydrogen (secondary N) is 1. The van der Waals surface area contributed by atoms with E-state index in [-0.39, 0.29) is 0 Å². The molecular formula is C16H15N3O2. The number of para-hydroxylation sites is 2. The molecule has 0 radical (unpaired) electrons. The lowest BCUT2D eigenvalue weighted by atomic mass is 10.1. The number of benzene rings is 2. The first kappa shape index (κ1) is 13.3. The fourth-order valence-corrected chi connectivity index (χ4v) is 2.48.